The van der Waals surface area contributed by atoms with Gasteiger partial charge in [0, 0.05) is 23.5 Å². The van der Waals surface area contributed by atoms with Crippen LogP contribution in [0.4, 0.5) is 15.8 Å². The second-order valence-electron chi connectivity index (χ2n) is 6.16. The smallest absolute Gasteiger partial charge is 0.135 e. The van der Waals surface area contributed by atoms with Crippen molar-refractivity contribution in [2.45, 2.75) is 12.7 Å². The van der Waals surface area contributed by atoms with Crippen molar-refractivity contribution in [2.24, 2.45) is 16.5 Å². The highest BCUT2D eigenvalue weighted by atomic mass is 19.1. The lowest BCUT2D eigenvalue weighted by atomic mass is 10.0. The van der Waals surface area contributed by atoms with Crippen LogP contribution < -0.4 is 33.0 Å². The van der Waals surface area contributed by atoms with Gasteiger partial charge in [-0.1, -0.05) is 0 Å². The van der Waals surface area contributed by atoms with E-state index >= 15 is 0 Å². The number of fused-ring (bicyclic) bond motifs is 1. The molecule has 0 aliphatic carbocycles. The van der Waals surface area contributed by atoms with Crippen LogP contribution in [0.15, 0.2) is 53.0 Å². The van der Waals surface area contributed by atoms with E-state index < -0.39 is 6.17 Å². The van der Waals surface area contributed by atoms with Gasteiger partial charge in [0.25, 0.3) is 0 Å². The molecule has 0 amide bonds. The molecule has 2 aromatic rings. The van der Waals surface area contributed by atoms with Gasteiger partial charge in [0.05, 0.1) is 18.5 Å². The number of rotatable bonds is 2. The number of aliphatic imine (C=N–C) groups is 1. The van der Waals surface area contributed by atoms with Crippen molar-refractivity contribution in [3.63, 3.8) is 0 Å². The van der Waals surface area contributed by atoms with Crippen LogP contribution in [-0.4, -0.2) is 18.7 Å². The Bertz CT molecular complexity index is 889. The zero-order chi connectivity index (χ0) is 18.1. The van der Waals surface area contributed by atoms with Gasteiger partial charge < -0.3 is 22.2 Å². The van der Waals surface area contributed by atoms with Crippen LogP contribution in [0.1, 0.15) is 11.1 Å². The van der Waals surface area contributed by atoms with Crippen molar-refractivity contribution >= 4 is 22.9 Å². The van der Waals surface area contributed by atoms with Gasteiger partial charge >= 0.3 is 0 Å². The molecule has 7 nitrogen and oxygen atoms in total. The first-order chi connectivity index (χ1) is 12.6. The fraction of sp³-hybridized carbons (Fsp3) is 0.167. The van der Waals surface area contributed by atoms with Crippen molar-refractivity contribution in [2.75, 3.05) is 17.4 Å². The molecule has 0 saturated heterocycles. The third-order valence-corrected chi connectivity index (χ3v) is 4.43. The van der Waals surface area contributed by atoms with Gasteiger partial charge in [0.2, 0.25) is 0 Å². The SMILES string of the molecule is NC(=C1C(Nc2ccc3c(c2)CNN3)=NCNC1N)c1ccc(F)cc1. The Hall–Kier alpha value is -2.94. The van der Waals surface area contributed by atoms with Gasteiger partial charge in [-0.05, 0) is 53.6 Å². The monoisotopic (exact) mass is 353 g/mol. The minimum Gasteiger partial charge on any atom is -0.398 e. The predicted molar refractivity (Wildman–Crippen MR) is 101 cm³/mol. The summed E-state index contributed by atoms with van der Waals surface area (Å²) in [6.45, 7) is 1.14. The highest BCUT2D eigenvalue weighted by Gasteiger charge is 2.24. The fourth-order valence-corrected chi connectivity index (χ4v) is 3.06. The third-order valence-electron chi connectivity index (χ3n) is 4.43. The zero-order valence-electron chi connectivity index (χ0n) is 14.0. The van der Waals surface area contributed by atoms with Gasteiger partial charge in [-0.3, -0.25) is 10.3 Å². The van der Waals surface area contributed by atoms with Gasteiger partial charge in [0.1, 0.15) is 11.7 Å². The number of amidine groups is 1. The summed E-state index contributed by atoms with van der Waals surface area (Å²) in [7, 11) is 0. The molecule has 8 heteroatoms. The van der Waals surface area contributed by atoms with Crippen molar-refractivity contribution in [1.82, 2.24) is 10.7 Å². The average molecular weight is 353 g/mol. The molecule has 4 rings (SSSR count). The molecule has 2 aromatic carbocycles. The standard InChI is InChI=1S/C18H20FN7/c19-12-3-1-10(2-4-12)16(20)15-17(21)22-9-23-18(15)25-13-5-6-14-11(7-13)8-24-26-14/h1-7,17,22,24,26H,8-9,20-21H2,(H,23,25). The number of hydrogen-bond acceptors (Lipinski definition) is 7. The molecule has 0 bridgehead atoms. The Labute approximate surface area is 150 Å². The van der Waals surface area contributed by atoms with Crippen molar-refractivity contribution in [3.05, 3.63) is 65.0 Å². The van der Waals surface area contributed by atoms with E-state index in [0.717, 1.165) is 23.5 Å². The number of hydrogen-bond donors (Lipinski definition) is 6. The summed E-state index contributed by atoms with van der Waals surface area (Å²) in [4.78, 5) is 4.49. The van der Waals surface area contributed by atoms with E-state index in [1.54, 1.807) is 12.1 Å². The summed E-state index contributed by atoms with van der Waals surface area (Å²) in [6, 6.07) is 12.0. The van der Waals surface area contributed by atoms with E-state index in [-0.39, 0.29) is 5.82 Å². The van der Waals surface area contributed by atoms with E-state index in [9.17, 15) is 4.39 Å². The summed E-state index contributed by atoms with van der Waals surface area (Å²) < 4.78 is 13.2. The highest BCUT2D eigenvalue weighted by Crippen LogP contribution is 2.25. The maximum atomic E-state index is 13.2. The van der Waals surface area contributed by atoms with Crippen LogP contribution in [-0.2, 0) is 6.54 Å². The number of halogens is 1. The summed E-state index contributed by atoms with van der Waals surface area (Å²) in [5.74, 6) is 0.293. The summed E-state index contributed by atoms with van der Waals surface area (Å²) in [5, 5.41) is 6.39. The molecule has 0 spiro atoms. The van der Waals surface area contributed by atoms with E-state index in [4.69, 9.17) is 11.5 Å². The largest absolute Gasteiger partial charge is 0.398 e. The van der Waals surface area contributed by atoms with Crippen LogP contribution in [0, 0.1) is 5.82 Å². The minimum atomic E-state index is -0.474. The fourth-order valence-electron chi connectivity index (χ4n) is 3.06. The van der Waals surface area contributed by atoms with Gasteiger partial charge in [-0.2, -0.15) is 0 Å². The van der Waals surface area contributed by atoms with Crippen LogP contribution in [0.25, 0.3) is 5.70 Å². The quantitative estimate of drug-likeness (QED) is 0.485. The van der Waals surface area contributed by atoms with Crippen LogP contribution in [0.5, 0.6) is 0 Å². The zero-order valence-corrected chi connectivity index (χ0v) is 14.0. The molecule has 0 radical (unpaired) electrons. The van der Waals surface area contributed by atoms with E-state index in [2.05, 4.69) is 26.5 Å². The van der Waals surface area contributed by atoms with E-state index in [0.29, 0.717) is 29.3 Å². The first-order valence-corrected chi connectivity index (χ1v) is 8.30. The molecule has 0 aromatic heterocycles. The van der Waals surface area contributed by atoms with Crippen molar-refractivity contribution < 1.29 is 4.39 Å². The molecule has 134 valence electrons. The first-order valence-electron chi connectivity index (χ1n) is 8.30. The second kappa shape index (κ2) is 6.75. The number of nitrogens with two attached hydrogens (primary N) is 2. The van der Waals surface area contributed by atoms with Gasteiger partial charge in [0.15, 0.2) is 0 Å². The summed E-state index contributed by atoms with van der Waals surface area (Å²) >= 11 is 0. The predicted octanol–water partition coefficient (Wildman–Crippen LogP) is 1.28. The van der Waals surface area contributed by atoms with Crippen molar-refractivity contribution in [3.8, 4) is 0 Å². The number of hydrazine groups is 1. The van der Waals surface area contributed by atoms with Crippen LogP contribution >= 0.6 is 0 Å². The second-order valence-corrected chi connectivity index (χ2v) is 6.16. The molecule has 2 heterocycles. The Balaban J connectivity index is 1.68. The Morgan fingerprint density at radius 1 is 1.19 bits per heavy atom. The normalized spacial score (nSPS) is 20.8. The molecular weight excluding hydrogens is 333 g/mol. The Morgan fingerprint density at radius 3 is 2.81 bits per heavy atom. The minimum absolute atomic E-state index is 0.315. The third kappa shape index (κ3) is 3.13. The molecular formula is C18H20FN7. The molecule has 0 saturated carbocycles. The first kappa shape index (κ1) is 16.5. The van der Waals surface area contributed by atoms with Crippen molar-refractivity contribution in [1.29, 1.82) is 0 Å². The molecule has 2 aliphatic rings. The molecule has 1 atom stereocenters. The lowest BCUT2D eigenvalue weighted by Gasteiger charge is -2.26. The number of anilines is 2. The molecule has 0 fully saturated rings. The topological polar surface area (TPSA) is 113 Å². The molecule has 8 N–H and O–H groups in total. The van der Waals surface area contributed by atoms with Crippen LogP contribution in [0.2, 0.25) is 0 Å². The van der Waals surface area contributed by atoms with E-state index in [1.807, 2.05) is 18.2 Å². The Morgan fingerprint density at radius 2 is 2.00 bits per heavy atom. The summed E-state index contributed by atoms with van der Waals surface area (Å²) in [6.07, 6.45) is -0.474. The number of nitrogens with one attached hydrogen (secondary N) is 4. The van der Waals surface area contributed by atoms with Gasteiger partial charge in [-0.25, -0.2) is 9.82 Å². The average Bonchev–Trinajstić information content (AvgIpc) is 3.10. The molecule has 26 heavy (non-hydrogen) atoms. The molecule has 1 unspecified atom stereocenters. The van der Waals surface area contributed by atoms with E-state index in [1.165, 1.54) is 12.1 Å². The van der Waals surface area contributed by atoms with Crippen LogP contribution in [0.3, 0.4) is 0 Å². The number of nitrogens with zero attached hydrogens (tertiary/aromatic N) is 1. The lowest BCUT2D eigenvalue weighted by molar-refractivity contribution is 0.598. The van der Waals surface area contributed by atoms with Gasteiger partial charge in [-0.15, -0.1) is 0 Å². The summed E-state index contributed by atoms with van der Waals surface area (Å²) in [5.41, 5.74) is 23.6. The highest BCUT2D eigenvalue weighted by molar-refractivity contribution is 6.13. The maximum Gasteiger partial charge on any atom is 0.135 e. The Kier molecular flexibility index (Phi) is 4.29. The lowest BCUT2D eigenvalue weighted by Crippen LogP contribution is -2.47. The maximum absolute atomic E-state index is 13.2. The number of benzene rings is 2. The molecule has 2 aliphatic heterocycles.